The van der Waals surface area contributed by atoms with Crippen LogP contribution in [0.3, 0.4) is 0 Å². The zero-order chi connectivity index (χ0) is 28.8. The number of nitrogens with one attached hydrogen (secondary N) is 1. The number of rotatable bonds is 12. The van der Waals surface area contributed by atoms with Crippen LogP contribution >= 0.6 is 11.6 Å². The van der Waals surface area contributed by atoms with Crippen molar-refractivity contribution < 1.29 is 13.9 Å². The van der Waals surface area contributed by atoms with Gasteiger partial charge in [-0.05, 0) is 72.1 Å². The Morgan fingerprint density at radius 3 is 2.27 bits per heavy atom. The van der Waals surface area contributed by atoms with Crippen LogP contribution in [0, 0.1) is 11.2 Å². The minimum Gasteiger partial charge on any atom is -0.494 e. The predicted octanol–water partition coefficient (Wildman–Crippen LogP) is 5.72. The number of ether oxygens (including phenoxy) is 1. The number of aryl methyl sites for hydroxylation is 1. The maximum Gasteiger partial charge on any atom is 0.236 e. The van der Waals surface area contributed by atoms with E-state index in [0.717, 1.165) is 27.8 Å². The van der Waals surface area contributed by atoms with Crippen LogP contribution in [0.4, 0.5) is 10.1 Å². The van der Waals surface area contributed by atoms with Crippen molar-refractivity contribution in [2.45, 2.75) is 26.1 Å². The highest BCUT2D eigenvalue weighted by atomic mass is 35.5. The van der Waals surface area contributed by atoms with Crippen molar-refractivity contribution in [3.63, 3.8) is 0 Å². The molecule has 0 saturated carbocycles. The van der Waals surface area contributed by atoms with Gasteiger partial charge in [-0.2, -0.15) is 0 Å². The number of halogens is 2. The van der Waals surface area contributed by atoms with Gasteiger partial charge in [0.25, 0.3) is 0 Å². The van der Waals surface area contributed by atoms with Crippen molar-refractivity contribution in [2.75, 3.05) is 18.1 Å². The highest BCUT2D eigenvalue weighted by molar-refractivity contribution is 6.30. The fourth-order valence-corrected chi connectivity index (χ4v) is 5.06. The number of hydrogen-bond acceptors (Lipinski definition) is 4. The average Bonchev–Trinajstić information content (AvgIpc) is 3.22. The number of benzene rings is 4. The number of hydrogen-bond donors (Lipinski definition) is 2. The molecule has 41 heavy (non-hydrogen) atoms. The number of primary amides is 1. The molecule has 0 fully saturated rings. The Kier molecular flexibility index (Phi) is 8.70. The van der Waals surface area contributed by atoms with Gasteiger partial charge >= 0.3 is 0 Å². The van der Waals surface area contributed by atoms with E-state index in [4.69, 9.17) is 27.5 Å². The first-order chi connectivity index (χ1) is 19.9. The predicted molar refractivity (Wildman–Crippen MR) is 160 cm³/mol. The van der Waals surface area contributed by atoms with E-state index < -0.39 is 5.91 Å². The van der Waals surface area contributed by atoms with Crippen LogP contribution in [-0.4, -0.2) is 28.2 Å². The lowest BCUT2D eigenvalue weighted by molar-refractivity contribution is -0.116. The fourth-order valence-electron chi connectivity index (χ4n) is 4.88. The van der Waals surface area contributed by atoms with Crippen LogP contribution in [0.2, 0.25) is 5.02 Å². The second-order valence-electron chi connectivity index (χ2n) is 9.82. The Morgan fingerprint density at radius 2 is 1.59 bits per heavy atom. The van der Waals surface area contributed by atoms with Crippen LogP contribution in [0.5, 0.6) is 5.75 Å². The van der Waals surface area contributed by atoms with Crippen molar-refractivity contribution in [2.24, 2.45) is 5.73 Å². The molecular formula is C32H31ClFN5O2. The Labute approximate surface area is 242 Å². The molecule has 0 spiro atoms. The number of nitrogens with two attached hydrogens (primary N) is 1. The number of carbonyl (C=O) groups is 1. The molecule has 0 bridgehead atoms. The molecule has 0 aliphatic rings. The van der Waals surface area contributed by atoms with Crippen molar-refractivity contribution in [3.05, 3.63) is 125 Å². The fraction of sp³-hybridized carbons (Fsp3) is 0.188. The van der Waals surface area contributed by atoms with E-state index in [2.05, 4.69) is 0 Å². The van der Waals surface area contributed by atoms with Gasteiger partial charge in [-0.15, -0.1) is 0 Å². The minimum atomic E-state index is -0.417. The molecule has 1 amide bonds. The average molecular weight is 572 g/mol. The van der Waals surface area contributed by atoms with Crippen LogP contribution < -0.4 is 21.0 Å². The molecule has 0 aliphatic heterocycles. The monoisotopic (exact) mass is 571 g/mol. The van der Waals surface area contributed by atoms with E-state index >= 15 is 0 Å². The van der Waals surface area contributed by atoms with Gasteiger partial charge in [-0.3, -0.25) is 10.2 Å². The normalized spacial score (nSPS) is 11.1. The van der Waals surface area contributed by atoms with Crippen LogP contribution in [0.25, 0.3) is 11.0 Å². The molecule has 3 N–H and O–H groups in total. The standard InChI is InChI=1S/C32H31ClFN5O2/c33-25-5-3-6-27(19-25)37(22-31(35)40)20-23-9-11-24(12-10-23)21-39-30-8-2-1-7-29(30)38(32(39)36)17-4-18-41-28-15-13-26(34)14-16-28/h1-3,5-16,19,36H,4,17-18,20-22H2,(H2,35,40). The zero-order valence-corrected chi connectivity index (χ0v) is 23.2. The summed E-state index contributed by atoms with van der Waals surface area (Å²) < 4.78 is 22.9. The number of imidazole rings is 1. The number of carbonyl (C=O) groups excluding carboxylic acids is 1. The smallest absolute Gasteiger partial charge is 0.236 e. The van der Waals surface area contributed by atoms with E-state index in [9.17, 15) is 9.18 Å². The number of fused-ring (bicyclic) bond motifs is 1. The summed E-state index contributed by atoms with van der Waals surface area (Å²) >= 11 is 6.17. The first kappa shape index (κ1) is 28.0. The topological polar surface area (TPSA) is 89.3 Å². The molecule has 0 unspecified atom stereocenters. The molecule has 5 aromatic rings. The van der Waals surface area contributed by atoms with Gasteiger partial charge in [0.2, 0.25) is 11.5 Å². The largest absolute Gasteiger partial charge is 0.494 e. The lowest BCUT2D eigenvalue weighted by Crippen LogP contribution is -2.33. The summed E-state index contributed by atoms with van der Waals surface area (Å²) in [7, 11) is 0. The molecule has 7 nitrogen and oxygen atoms in total. The van der Waals surface area contributed by atoms with Crippen LogP contribution in [0.15, 0.2) is 97.1 Å². The van der Waals surface area contributed by atoms with Crippen molar-refractivity contribution in [3.8, 4) is 5.75 Å². The molecule has 0 saturated heterocycles. The van der Waals surface area contributed by atoms with Crippen LogP contribution in [0.1, 0.15) is 17.5 Å². The van der Waals surface area contributed by atoms with E-state index in [1.807, 2.05) is 80.8 Å². The third kappa shape index (κ3) is 6.96. The van der Waals surface area contributed by atoms with Gasteiger partial charge in [0.15, 0.2) is 0 Å². The van der Waals surface area contributed by atoms with E-state index in [1.165, 1.54) is 12.1 Å². The molecule has 0 atom stereocenters. The summed E-state index contributed by atoms with van der Waals surface area (Å²) in [6.07, 6.45) is 0.699. The molecule has 1 heterocycles. The first-order valence-electron chi connectivity index (χ1n) is 13.3. The number of anilines is 1. The van der Waals surface area contributed by atoms with Gasteiger partial charge in [0.05, 0.1) is 30.7 Å². The van der Waals surface area contributed by atoms with E-state index in [1.54, 1.807) is 18.2 Å². The third-order valence-electron chi connectivity index (χ3n) is 6.84. The minimum absolute atomic E-state index is 0.0780. The lowest BCUT2D eigenvalue weighted by atomic mass is 10.1. The summed E-state index contributed by atoms with van der Waals surface area (Å²) in [6, 6.07) is 29.5. The number of para-hydroxylation sites is 2. The second kappa shape index (κ2) is 12.7. The van der Waals surface area contributed by atoms with Crippen molar-refractivity contribution in [1.82, 2.24) is 9.13 Å². The maximum absolute atomic E-state index is 13.1. The summed E-state index contributed by atoms with van der Waals surface area (Å²) in [5, 5.41) is 9.53. The Balaban J connectivity index is 1.29. The number of amides is 1. The summed E-state index contributed by atoms with van der Waals surface area (Å²) in [5.41, 5.74) is 10.8. The molecule has 210 valence electrons. The summed E-state index contributed by atoms with van der Waals surface area (Å²) in [5.74, 6) is -0.0881. The maximum atomic E-state index is 13.1. The Bertz CT molecular complexity index is 1700. The molecule has 1 aromatic heterocycles. The third-order valence-corrected chi connectivity index (χ3v) is 7.08. The first-order valence-corrected chi connectivity index (χ1v) is 13.7. The summed E-state index contributed by atoms with van der Waals surface area (Å²) in [6.45, 7) is 2.19. The SMILES string of the molecule is N=c1n(CCCOc2ccc(F)cc2)c2ccccc2n1Cc1ccc(CN(CC(N)=O)c2cccc(Cl)c2)cc1. The Morgan fingerprint density at radius 1 is 0.902 bits per heavy atom. The molecule has 0 radical (unpaired) electrons. The van der Waals surface area contributed by atoms with Gasteiger partial charge < -0.3 is 24.5 Å². The summed E-state index contributed by atoms with van der Waals surface area (Å²) in [4.78, 5) is 13.6. The number of aromatic nitrogens is 2. The number of nitrogens with zero attached hydrogens (tertiary/aromatic N) is 3. The van der Waals surface area contributed by atoms with Gasteiger partial charge in [-0.25, -0.2) is 4.39 Å². The molecule has 9 heteroatoms. The van der Waals surface area contributed by atoms with Gasteiger partial charge in [-0.1, -0.05) is 54.1 Å². The Hall–Kier alpha value is -4.56. The molecule has 4 aromatic carbocycles. The van der Waals surface area contributed by atoms with Gasteiger partial charge in [0, 0.05) is 23.8 Å². The highest BCUT2D eigenvalue weighted by Crippen LogP contribution is 2.22. The molecule has 5 rings (SSSR count). The van der Waals surface area contributed by atoms with Crippen molar-refractivity contribution >= 4 is 34.2 Å². The second-order valence-corrected chi connectivity index (χ2v) is 10.3. The highest BCUT2D eigenvalue weighted by Gasteiger charge is 2.13. The zero-order valence-electron chi connectivity index (χ0n) is 22.5. The van der Waals surface area contributed by atoms with Crippen molar-refractivity contribution in [1.29, 1.82) is 5.41 Å². The van der Waals surface area contributed by atoms with E-state index in [-0.39, 0.29) is 12.4 Å². The van der Waals surface area contributed by atoms with E-state index in [0.29, 0.717) is 49.1 Å². The van der Waals surface area contributed by atoms with Crippen LogP contribution in [-0.2, 0) is 24.4 Å². The lowest BCUT2D eigenvalue weighted by Gasteiger charge is -2.24. The quantitative estimate of drug-likeness (QED) is 0.188. The molecule has 0 aliphatic carbocycles. The van der Waals surface area contributed by atoms with Gasteiger partial charge in [0.1, 0.15) is 11.6 Å². The molecular weight excluding hydrogens is 541 g/mol.